The second-order valence-corrected chi connectivity index (χ2v) is 20.2. The second kappa shape index (κ2) is 33.8. The number of nitrogens with one attached hydrogen (secondary N) is 6. The second-order valence-electron chi connectivity index (χ2n) is 20.2. The standard InChI is InChI=1S/C54H68F2N10O16.C2H6/c1-31(68)13-16-38(53(80)81)61-43(71)19-21-58-51(78)37(63-52(79)39(25-41(57)69)62-45(73)27-60-44(72)26-59-42(70)11-8-12-49(77)82-66-46(74)17-18-47(66)75)20-22-65(48(76)30-67)50(54(2,3)4)40-23-33(35-24-34(55)14-15-36(35)56)29-64(40)28-32-9-6-5-7-10-32;1-2/h5-7,9-10,14-15,23-24,29,37-39,50,67H,8,11-13,16-22,25-28,30H2,1-4H3,(H2,57,69)(H,58,78)(H,59,70)(H,60,72)(H,61,71)(H,62,73)(H,63,79)(H,80,81);1-2H3/t37?,38-,39?,50?;/m0./s1. The van der Waals surface area contributed by atoms with Crippen molar-refractivity contribution < 1.29 is 86.2 Å². The van der Waals surface area contributed by atoms with Gasteiger partial charge in [0.15, 0.2) is 0 Å². The van der Waals surface area contributed by atoms with Crippen molar-refractivity contribution in [2.45, 2.75) is 136 Å². The molecule has 3 aromatic rings. The van der Waals surface area contributed by atoms with Crippen molar-refractivity contribution in [3.8, 4) is 11.1 Å². The Balaban J connectivity index is 0.00000914. The van der Waals surface area contributed by atoms with Gasteiger partial charge in [-0.25, -0.2) is 18.4 Å². The maximum absolute atomic E-state index is 15.4. The summed E-state index contributed by atoms with van der Waals surface area (Å²) in [5.41, 5.74) is 5.78. The summed E-state index contributed by atoms with van der Waals surface area (Å²) in [6.07, 6.45) is -1.59. The van der Waals surface area contributed by atoms with Crippen LogP contribution in [0.1, 0.15) is 123 Å². The highest BCUT2D eigenvalue weighted by molar-refractivity contribution is 6.01. The van der Waals surface area contributed by atoms with E-state index in [4.69, 9.17) is 10.6 Å². The Bertz CT molecular complexity index is 2860. The first-order valence-electron chi connectivity index (χ1n) is 27.0. The highest BCUT2D eigenvalue weighted by Gasteiger charge is 2.39. The third-order valence-electron chi connectivity index (χ3n) is 12.5. The summed E-state index contributed by atoms with van der Waals surface area (Å²) in [6.45, 7) is 7.22. The molecule has 2 aromatic carbocycles. The number of carbonyl (C=O) groups excluding carboxylic acids is 12. The Morgan fingerprint density at radius 2 is 1.37 bits per heavy atom. The molecule has 0 aliphatic carbocycles. The van der Waals surface area contributed by atoms with Gasteiger partial charge in [0.2, 0.25) is 47.3 Å². The average molecular weight is 1180 g/mol. The third kappa shape index (κ3) is 22.8. The van der Waals surface area contributed by atoms with Crippen LogP contribution in [0.2, 0.25) is 0 Å². The summed E-state index contributed by atoms with van der Waals surface area (Å²) < 4.78 is 31.7. The molecule has 0 bridgehead atoms. The van der Waals surface area contributed by atoms with Crippen LogP contribution in [0.5, 0.6) is 0 Å². The van der Waals surface area contributed by atoms with Gasteiger partial charge in [-0.05, 0) is 61.4 Å². The van der Waals surface area contributed by atoms with E-state index in [1.165, 1.54) is 11.8 Å². The number of aromatic nitrogens is 1. The van der Waals surface area contributed by atoms with Gasteiger partial charge in [0.05, 0.1) is 25.6 Å². The van der Waals surface area contributed by atoms with Crippen molar-refractivity contribution in [2.24, 2.45) is 11.1 Å². The molecule has 1 aliphatic heterocycles. The molecular weight excluding hydrogens is 1110 g/mol. The summed E-state index contributed by atoms with van der Waals surface area (Å²) in [4.78, 5) is 170. The number of halogens is 2. The van der Waals surface area contributed by atoms with Crippen LogP contribution < -0.4 is 37.6 Å². The number of amides is 10. The number of aliphatic hydroxyl groups excluding tert-OH is 1. The summed E-state index contributed by atoms with van der Waals surface area (Å²) in [5, 5.41) is 34.3. The van der Waals surface area contributed by atoms with E-state index in [1.54, 1.807) is 55.8 Å². The van der Waals surface area contributed by atoms with E-state index in [9.17, 15) is 76.9 Å². The van der Waals surface area contributed by atoms with Crippen LogP contribution in [0.25, 0.3) is 11.1 Å². The third-order valence-corrected chi connectivity index (χ3v) is 12.5. The van der Waals surface area contributed by atoms with Crippen molar-refractivity contribution in [3.05, 3.63) is 83.7 Å². The summed E-state index contributed by atoms with van der Waals surface area (Å²) in [7, 11) is 0. The molecule has 1 fully saturated rings. The summed E-state index contributed by atoms with van der Waals surface area (Å²) in [6, 6.07) is 7.51. The van der Waals surface area contributed by atoms with E-state index < -0.39 is 164 Å². The average Bonchev–Trinajstić information content (AvgIpc) is 1.92. The van der Waals surface area contributed by atoms with Gasteiger partial charge in [0, 0.05) is 81.2 Å². The van der Waals surface area contributed by atoms with Crippen LogP contribution in [0.3, 0.4) is 0 Å². The number of carbonyl (C=O) groups is 13. The SMILES string of the molecule is CC.CC(=O)CC[C@H](NC(=O)CCNC(=O)C(CCN(C(=O)CO)C(c1cc(-c2cc(F)ccc2F)cn1Cc1ccccc1)C(C)(C)C)NC(=O)C(CC(N)=O)NC(=O)CNC(=O)CNC(=O)CCCC(=O)ON1C(=O)CCC1=O)C(=O)O. The maximum atomic E-state index is 15.4. The zero-order chi connectivity index (χ0) is 62.8. The summed E-state index contributed by atoms with van der Waals surface area (Å²) >= 11 is 0. The van der Waals surface area contributed by atoms with Gasteiger partial charge >= 0.3 is 11.9 Å². The van der Waals surface area contributed by atoms with Crippen molar-refractivity contribution in [2.75, 3.05) is 32.8 Å². The van der Waals surface area contributed by atoms with Crippen molar-refractivity contribution in [3.63, 3.8) is 0 Å². The Labute approximate surface area is 483 Å². The number of carboxylic acids is 1. The van der Waals surface area contributed by atoms with Gasteiger partial charge in [-0.2, -0.15) is 0 Å². The van der Waals surface area contributed by atoms with Gasteiger partial charge in [0.1, 0.15) is 42.2 Å². The van der Waals surface area contributed by atoms with Crippen LogP contribution in [0.15, 0.2) is 60.8 Å². The molecule has 26 nitrogen and oxygen atoms in total. The first-order valence-corrected chi connectivity index (χ1v) is 27.0. The number of hydrogen-bond donors (Lipinski definition) is 9. The number of Topliss-reactive ketones (excluding diaryl/α,β-unsaturated/α-hetero) is 1. The van der Waals surface area contributed by atoms with Gasteiger partial charge in [-0.3, -0.25) is 47.9 Å². The van der Waals surface area contributed by atoms with Gasteiger partial charge in [-0.15, -0.1) is 5.06 Å². The number of benzene rings is 2. The number of hydroxylamine groups is 2. The Kier molecular flexibility index (Phi) is 27.9. The van der Waals surface area contributed by atoms with E-state index in [-0.39, 0.29) is 68.4 Å². The lowest BCUT2D eigenvalue weighted by Crippen LogP contribution is -2.56. The molecule has 0 saturated carbocycles. The number of imide groups is 1. The fraction of sp³-hybridized carbons (Fsp3) is 0.482. The molecule has 28 heteroatoms. The fourth-order valence-electron chi connectivity index (χ4n) is 8.57. The number of carboxylic acid groups (broad SMARTS) is 1. The molecule has 0 radical (unpaired) electrons. The molecule has 3 unspecified atom stereocenters. The molecule has 458 valence electrons. The predicted molar refractivity (Wildman–Crippen MR) is 294 cm³/mol. The number of rotatable bonds is 32. The smallest absolute Gasteiger partial charge is 0.333 e. The lowest BCUT2D eigenvalue weighted by atomic mass is 9.82. The van der Waals surface area contributed by atoms with Gasteiger partial charge in [-0.1, -0.05) is 65.0 Å². The minimum Gasteiger partial charge on any atom is -0.480 e. The highest BCUT2D eigenvalue weighted by Crippen LogP contribution is 2.41. The first kappa shape index (κ1) is 69.3. The van der Waals surface area contributed by atoms with Gasteiger partial charge in [0.25, 0.3) is 11.8 Å². The number of ketones is 1. The maximum Gasteiger partial charge on any atom is 0.333 e. The Morgan fingerprint density at radius 1 is 0.738 bits per heavy atom. The highest BCUT2D eigenvalue weighted by atomic mass is 19.1. The van der Waals surface area contributed by atoms with Crippen LogP contribution in [-0.4, -0.2) is 152 Å². The monoisotopic (exact) mass is 1180 g/mol. The largest absolute Gasteiger partial charge is 0.480 e. The molecule has 2 heterocycles. The van der Waals surface area contributed by atoms with Crippen molar-refractivity contribution in [1.29, 1.82) is 0 Å². The van der Waals surface area contributed by atoms with E-state index in [0.29, 0.717) is 10.8 Å². The minimum absolute atomic E-state index is 0.0867. The van der Waals surface area contributed by atoms with E-state index >= 15 is 4.39 Å². The van der Waals surface area contributed by atoms with Gasteiger partial charge < -0.3 is 66.9 Å². The quantitative estimate of drug-likeness (QED) is 0.0395. The minimum atomic E-state index is -1.82. The molecule has 4 rings (SSSR count). The number of primary amides is 1. The number of aliphatic carboxylic acids is 1. The Morgan fingerprint density at radius 3 is 1.98 bits per heavy atom. The molecule has 10 N–H and O–H groups in total. The van der Waals surface area contributed by atoms with Crippen LogP contribution >= 0.6 is 0 Å². The van der Waals surface area contributed by atoms with Crippen molar-refractivity contribution in [1.82, 2.24) is 46.4 Å². The predicted octanol–water partition coefficient (Wildman–Crippen LogP) is 1.11. The number of nitrogens with two attached hydrogens (primary N) is 1. The first-order chi connectivity index (χ1) is 39.7. The molecule has 1 saturated heterocycles. The van der Waals surface area contributed by atoms with E-state index in [1.807, 2.05) is 26.0 Å². The molecule has 0 spiro atoms. The molecule has 1 aromatic heterocycles. The lowest BCUT2D eigenvalue weighted by molar-refractivity contribution is -0.197. The number of nitrogens with zero attached hydrogens (tertiary/aromatic N) is 3. The Hall–Kier alpha value is -8.95. The molecule has 10 amide bonds. The van der Waals surface area contributed by atoms with Crippen LogP contribution in [0, 0.1) is 17.0 Å². The zero-order valence-electron chi connectivity index (χ0n) is 47.7. The van der Waals surface area contributed by atoms with E-state index in [0.717, 1.165) is 23.8 Å². The molecule has 1 aliphatic rings. The lowest BCUT2D eigenvalue weighted by Gasteiger charge is -2.41. The zero-order valence-corrected chi connectivity index (χ0v) is 47.7. The van der Waals surface area contributed by atoms with Crippen molar-refractivity contribution >= 4 is 76.8 Å². The van der Waals surface area contributed by atoms with Crippen LogP contribution in [-0.2, 0) is 73.7 Å². The van der Waals surface area contributed by atoms with Crippen LogP contribution in [0.4, 0.5) is 8.78 Å². The topological polar surface area (TPSA) is 381 Å². The number of aliphatic hydroxyl groups is 1. The summed E-state index contributed by atoms with van der Waals surface area (Å²) in [5.74, 6) is -13.2. The fourth-order valence-corrected chi connectivity index (χ4v) is 8.57. The molecule has 84 heavy (non-hydrogen) atoms. The molecular formula is C56H74F2N10O16. The number of hydrogen-bond acceptors (Lipinski definition) is 15. The normalized spacial score (nSPS) is 13.4. The molecule has 4 atom stereocenters. The van der Waals surface area contributed by atoms with E-state index in [2.05, 4.69) is 31.9 Å².